The monoisotopic (exact) mass is 729 g/mol. The Kier molecular flexibility index (Phi) is 11.4. The molecule has 254 valence electrons. The molecule has 6 atom stereocenters. The van der Waals surface area contributed by atoms with Crippen molar-refractivity contribution in [2.75, 3.05) is 42.1 Å². The quantitative estimate of drug-likeness (QED) is 0.0753. The van der Waals surface area contributed by atoms with E-state index in [1.165, 1.54) is 10.9 Å². The lowest BCUT2D eigenvalue weighted by Gasteiger charge is -2.22. The summed E-state index contributed by atoms with van der Waals surface area (Å²) in [5, 5.41) is 3.25. The first kappa shape index (κ1) is 35.5. The smallest absolute Gasteiger partial charge is 0.367 e. The number of benzene rings is 1. The Bertz CT molecular complexity index is 1590. The van der Waals surface area contributed by atoms with E-state index in [0.717, 1.165) is 23.1 Å². The van der Waals surface area contributed by atoms with Crippen molar-refractivity contribution in [3.8, 4) is 0 Å². The van der Waals surface area contributed by atoms with Gasteiger partial charge in [0, 0.05) is 24.5 Å². The SMILES string of the molecule is CSCCNc1nc(SCCC(F)(F)F)nc2c1ncn2[C@@H]1O[C@H](COP(=O)(O)CP(=O)(O)O)[C@H]2OC(Cc3ccccc3)O[C@H]21. The van der Waals surface area contributed by atoms with Crippen LogP contribution in [0.15, 0.2) is 41.8 Å². The fraction of sp³-hybridized carbons (Fsp3) is 0.560. The number of rotatable bonds is 15. The molecule has 4 heterocycles. The maximum atomic E-state index is 12.9. The van der Waals surface area contributed by atoms with Crippen LogP contribution in [-0.2, 0) is 34.3 Å². The van der Waals surface area contributed by atoms with Crippen LogP contribution in [0.4, 0.5) is 19.0 Å². The van der Waals surface area contributed by atoms with Crippen molar-refractivity contribution in [1.29, 1.82) is 0 Å². The molecule has 2 aliphatic rings. The van der Waals surface area contributed by atoms with Crippen molar-refractivity contribution in [1.82, 2.24) is 19.5 Å². The molecular formula is C25H32F3N5O9P2S2. The molecule has 0 aliphatic carbocycles. The van der Waals surface area contributed by atoms with E-state index in [1.54, 1.807) is 11.8 Å². The zero-order valence-corrected chi connectivity index (χ0v) is 27.6. The molecule has 1 aromatic carbocycles. The van der Waals surface area contributed by atoms with Crippen molar-refractivity contribution in [3.63, 3.8) is 0 Å². The Morgan fingerprint density at radius 1 is 1.07 bits per heavy atom. The van der Waals surface area contributed by atoms with E-state index in [4.69, 9.17) is 18.7 Å². The molecule has 0 radical (unpaired) electrons. The van der Waals surface area contributed by atoms with Crippen molar-refractivity contribution >= 4 is 55.7 Å². The number of thioether (sulfide) groups is 2. The molecule has 2 aromatic heterocycles. The lowest BCUT2D eigenvalue weighted by molar-refractivity contribution is -0.148. The average Bonchev–Trinajstić information content (AvgIpc) is 3.64. The Labute approximate surface area is 269 Å². The molecule has 14 nitrogen and oxygen atoms in total. The van der Waals surface area contributed by atoms with Gasteiger partial charge in [-0.25, -0.2) is 15.0 Å². The summed E-state index contributed by atoms with van der Waals surface area (Å²) in [6.45, 7) is -0.0563. The number of hydrogen-bond donors (Lipinski definition) is 4. The molecule has 4 N–H and O–H groups in total. The minimum Gasteiger partial charge on any atom is -0.367 e. The van der Waals surface area contributed by atoms with Crippen LogP contribution in [0.25, 0.3) is 11.2 Å². The highest BCUT2D eigenvalue weighted by molar-refractivity contribution is 7.99. The van der Waals surface area contributed by atoms with Gasteiger partial charge in [-0.1, -0.05) is 42.1 Å². The number of fused-ring (bicyclic) bond motifs is 2. The first-order chi connectivity index (χ1) is 21.7. The second kappa shape index (κ2) is 14.8. The number of anilines is 1. The molecule has 0 spiro atoms. The number of hydrogen-bond acceptors (Lipinski definition) is 12. The number of aromatic nitrogens is 4. The average molecular weight is 730 g/mol. The third-order valence-electron chi connectivity index (χ3n) is 6.84. The summed E-state index contributed by atoms with van der Waals surface area (Å²) in [5.74, 6) is -0.621. The van der Waals surface area contributed by atoms with Crippen LogP contribution in [0.3, 0.4) is 0 Å². The highest BCUT2D eigenvalue weighted by atomic mass is 32.2. The molecule has 3 aromatic rings. The van der Waals surface area contributed by atoms with Gasteiger partial charge in [0.25, 0.3) is 0 Å². The molecule has 5 rings (SSSR count). The summed E-state index contributed by atoms with van der Waals surface area (Å²) >= 11 is 2.43. The number of imidazole rings is 1. The van der Waals surface area contributed by atoms with Crippen LogP contribution in [0.1, 0.15) is 18.2 Å². The normalized spacial score (nSPS) is 24.7. The highest BCUT2D eigenvalue weighted by Gasteiger charge is 2.54. The van der Waals surface area contributed by atoms with Crippen molar-refractivity contribution in [3.05, 3.63) is 42.2 Å². The van der Waals surface area contributed by atoms with Crippen molar-refractivity contribution in [2.45, 2.75) is 55.0 Å². The lowest BCUT2D eigenvalue weighted by atomic mass is 10.1. The predicted molar refractivity (Wildman–Crippen MR) is 164 cm³/mol. The van der Waals surface area contributed by atoms with Gasteiger partial charge in [-0.15, -0.1) is 0 Å². The predicted octanol–water partition coefficient (Wildman–Crippen LogP) is 4.23. The molecule has 2 aliphatic heterocycles. The van der Waals surface area contributed by atoms with E-state index in [9.17, 15) is 37.0 Å². The van der Waals surface area contributed by atoms with Gasteiger partial charge in [-0.3, -0.25) is 13.7 Å². The summed E-state index contributed by atoms with van der Waals surface area (Å²) < 4.78 is 87.5. The molecule has 0 bridgehead atoms. The zero-order valence-electron chi connectivity index (χ0n) is 24.2. The van der Waals surface area contributed by atoms with Crippen LogP contribution in [0.5, 0.6) is 0 Å². The van der Waals surface area contributed by atoms with E-state index in [1.807, 2.05) is 36.6 Å². The Hall–Kier alpha value is -1.76. The van der Waals surface area contributed by atoms with Gasteiger partial charge in [-0.05, 0) is 11.8 Å². The van der Waals surface area contributed by atoms with E-state index in [-0.39, 0.29) is 16.6 Å². The highest BCUT2D eigenvalue weighted by Crippen LogP contribution is 2.56. The summed E-state index contributed by atoms with van der Waals surface area (Å²) in [4.78, 5) is 41.8. The standard InChI is InChI=1S/C25H32F3N5O9P2S2/c1-45-10-8-29-21-18-22(32-24(31-21)46-9-7-25(26,27)28)33(13-30-18)23-20-19(41-17(42-20)11-15-5-3-2-4-6-15)16(40-23)12-39-44(37,38)14-43(34,35)36/h2-6,13,16-17,19-20,23H,7-12,14H2,1H3,(H,37,38)(H,29,31,32)(H2,34,35,36)/t16-,17?,19-,20-,23-/m1/s1. The number of nitrogens with zero attached hydrogens (tertiary/aromatic N) is 4. The van der Waals surface area contributed by atoms with E-state index in [0.29, 0.717) is 24.3 Å². The first-order valence-corrected chi connectivity index (χ1v) is 19.8. The second-order valence-electron chi connectivity index (χ2n) is 10.4. The van der Waals surface area contributed by atoms with Crippen LogP contribution in [0, 0.1) is 0 Å². The molecule has 2 saturated heterocycles. The fourth-order valence-corrected chi connectivity index (χ4v) is 8.62. The third-order valence-corrected chi connectivity index (χ3v) is 11.8. The Morgan fingerprint density at radius 2 is 1.80 bits per heavy atom. The minimum absolute atomic E-state index is 0.0868. The van der Waals surface area contributed by atoms with Crippen LogP contribution >= 0.6 is 38.7 Å². The van der Waals surface area contributed by atoms with E-state index < -0.39 is 71.1 Å². The summed E-state index contributed by atoms with van der Waals surface area (Å²) in [7, 11) is -9.58. The molecular weight excluding hydrogens is 697 g/mol. The molecule has 0 saturated carbocycles. The minimum atomic E-state index is -4.87. The van der Waals surface area contributed by atoms with Gasteiger partial charge in [0.2, 0.25) is 0 Å². The number of nitrogens with one attached hydrogen (secondary N) is 1. The van der Waals surface area contributed by atoms with E-state index >= 15 is 0 Å². The maximum absolute atomic E-state index is 12.9. The van der Waals surface area contributed by atoms with E-state index in [2.05, 4.69) is 20.3 Å². The Morgan fingerprint density at radius 3 is 2.50 bits per heavy atom. The van der Waals surface area contributed by atoms with Gasteiger partial charge >= 0.3 is 21.4 Å². The van der Waals surface area contributed by atoms with Gasteiger partial charge in [0.15, 0.2) is 40.6 Å². The van der Waals surface area contributed by atoms with Crippen molar-refractivity contribution in [2.24, 2.45) is 0 Å². The fourth-order valence-electron chi connectivity index (χ4n) is 4.92. The maximum Gasteiger partial charge on any atom is 0.389 e. The van der Waals surface area contributed by atoms with Crippen molar-refractivity contribution < 1.29 is 55.7 Å². The second-order valence-corrected chi connectivity index (χ2v) is 16.5. The number of alkyl halides is 3. The van der Waals surface area contributed by atoms with Crippen LogP contribution in [-0.4, -0.2) is 102 Å². The largest absolute Gasteiger partial charge is 0.389 e. The molecule has 2 fully saturated rings. The van der Waals surface area contributed by atoms with Crippen LogP contribution in [0.2, 0.25) is 0 Å². The van der Waals surface area contributed by atoms with Gasteiger partial charge in [0.1, 0.15) is 18.3 Å². The van der Waals surface area contributed by atoms with Gasteiger partial charge in [-0.2, -0.15) is 24.9 Å². The van der Waals surface area contributed by atoms with Gasteiger partial charge < -0.3 is 38.7 Å². The summed E-state index contributed by atoms with van der Waals surface area (Å²) in [6.07, 6.45) is -6.07. The zero-order chi connectivity index (χ0) is 33.1. The summed E-state index contributed by atoms with van der Waals surface area (Å²) in [5.41, 5.74) is 1.50. The number of halogens is 3. The first-order valence-electron chi connectivity index (χ1n) is 13.9. The molecule has 46 heavy (non-hydrogen) atoms. The third kappa shape index (κ3) is 9.44. The molecule has 2 unspecified atom stereocenters. The topological polar surface area (TPSA) is 187 Å². The molecule has 21 heteroatoms. The summed E-state index contributed by atoms with van der Waals surface area (Å²) in [6, 6.07) is 9.37. The van der Waals surface area contributed by atoms with Crippen LogP contribution < -0.4 is 5.32 Å². The lowest BCUT2D eigenvalue weighted by Crippen LogP contribution is -2.31. The van der Waals surface area contributed by atoms with Gasteiger partial charge in [0.05, 0.1) is 19.4 Å². The molecule has 0 amide bonds. The number of ether oxygens (including phenoxy) is 3. The Balaban J connectivity index is 1.44.